The van der Waals surface area contributed by atoms with Crippen molar-refractivity contribution in [1.29, 1.82) is 0 Å². The summed E-state index contributed by atoms with van der Waals surface area (Å²) in [5.41, 5.74) is 0. The van der Waals surface area contributed by atoms with Gasteiger partial charge in [-0.2, -0.15) is 0 Å². The molecule has 8 nitrogen and oxygen atoms in total. The second-order valence-electron chi connectivity index (χ2n) is 5.79. The molecule has 9 heteroatoms. The zero-order valence-electron chi connectivity index (χ0n) is 19.9. The fraction of sp³-hybridized carbons (Fsp3) is 1.00. The molecule has 0 aliphatic heterocycles. The largest absolute Gasteiger partial charge is 0.394 e. The van der Waals surface area contributed by atoms with E-state index in [0.29, 0.717) is 26.4 Å². The van der Waals surface area contributed by atoms with Gasteiger partial charge >= 0.3 is 0 Å². The Hall–Kier alpha value is 0.394. The Morgan fingerprint density at radius 2 is 0.586 bits per heavy atom. The van der Waals surface area contributed by atoms with E-state index in [1.807, 2.05) is 55.4 Å². The summed E-state index contributed by atoms with van der Waals surface area (Å²) in [6, 6.07) is 0. The van der Waals surface area contributed by atoms with Gasteiger partial charge in [0.2, 0.25) is 0 Å². The molecular formula is C20H48O8Ti. The van der Waals surface area contributed by atoms with Gasteiger partial charge in [0.1, 0.15) is 0 Å². The Bertz CT molecular complexity index is 203. The van der Waals surface area contributed by atoms with Crippen molar-refractivity contribution in [2.45, 2.75) is 79.8 Å². The summed E-state index contributed by atoms with van der Waals surface area (Å²) in [7, 11) is 0. The van der Waals surface area contributed by atoms with Crippen LogP contribution in [0.5, 0.6) is 0 Å². The molecule has 0 aliphatic carbocycles. The topological polar surface area (TPSA) is 118 Å². The van der Waals surface area contributed by atoms with Gasteiger partial charge in [-0.25, -0.2) is 0 Å². The first kappa shape index (κ1) is 39.8. The van der Waals surface area contributed by atoms with Gasteiger partial charge < -0.3 is 39.4 Å². The molecule has 0 amide bonds. The molecule has 0 bridgehead atoms. The van der Waals surface area contributed by atoms with Gasteiger partial charge in [0, 0.05) is 48.1 Å². The molecule has 4 unspecified atom stereocenters. The Balaban J connectivity index is -0.0000000873. The molecular weight excluding hydrogens is 416 g/mol. The molecule has 0 aromatic rings. The van der Waals surface area contributed by atoms with Crippen molar-refractivity contribution in [3.63, 3.8) is 0 Å². The molecule has 0 saturated heterocycles. The summed E-state index contributed by atoms with van der Waals surface area (Å²) >= 11 is 0. The predicted molar refractivity (Wildman–Crippen MR) is 113 cm³/mol. The van der Waals surface area contributed by atoms with Crippen LogP contribution in [-0.4, -0.2) is 97.7 Å². The van der Waals surface area contributed by atoms with Crippen molar-refractivity contribution in [2.24, 2.45) is 0 Å². The maximum absolute atomic E-state index is 8.34. The summed E-state index contributed by atoms with van der Waals surface area (Å²) in [4.78, 5) is 0. The first-order chi connectivity index (χ1) is 13.2. The van der Waals surface area contributed by atoms with Gasteiger partial charge in [-0.05, 0) is 55.4 Å². The molecule has 4 N–H and O–H groups in total. The third-order valence-electron chi connectivity index (χ3n) is 2.83. The third-order valence-corrected chi connectivity index (χ3v) is 2.83. The Morgan fingerprint density at radius 3 is 0.621 bits per heavy atom. The molecule has 0 aromatic carbocycles. The molecule has 0 saturated carbocycles. The average Bonchev–Trinajstić information content (AvgIpc) is 2.70. The number of hydrogen-bond acceptors (Lipinski definition) is 8. The zero-order chi connectivity index (χ0) is 22.8. The number of aliphatic hydroxyl groups is 4. The first-order valence-corrected chi connectivity index (χ1v) is 10.1. The van der Waals surface area contributed by atoms with Gasteiger partial charge in [-0.1, -0.05) is 0 Å². The minimum absolute atomic E-state index is 0. The molecule has 0 spiro atoms. The van der Waals surface area contributed by atoms with Gasteiger partial charge in [0.25, 0.3) is 0 Å². The fourth-order valence-electron chi connectivity index (χ4n) is 1.35. The average molecular weight is 464 g/mol. The van der Waals surface area contributed by atoms with E-state index in [1.54, 1.807) is 0 Å². The van der Waals surface area contributed by atoms with Crippen molar-refractivity contribution < 1.29 is 61.1 Å². The smallest absolute Gasteiger partial charge is 0.0777 e. The molecule has 0 heterocycles. The second-order valence-corrected chi connectivity index (χ2v) is 5.79. The van der Waals surface area contributed by atoms with Crippen LogP contribution in [0.4, 0.5) is 0 Å². The van der Waals surface area contributed by atoms with Crippen LogP contribution < -0.4 is 0 Å². The minimum Gasteiger partial charge on any atom is -0.394 e. The summed E-state index contributed by atoms with van der Waals surface area (Å²) in [6.45, 7) is 18.2. The molecule has 0 fully saturated rings. The Morgan fingerprint density at radius 1 is 0.448 bits per heavy atom. The fourth-order valence-corrected chi connectivity index (χ4v) is 1.35. The summed E-state index contributed by atoms with van der Waals surface area (Å²) < 4.78 is 19.8. The predicted octanol–water partition coefficient (Wildman–Crippen LogP) is 1.61. The van der Waals surface area contributed by atoms with E-state index in [2.05, 4.69) is 0 Å². The number of rotatable bonds is 12. The standard InChI is InChI=1S/4C5H12O2.Ti/c4*1-3-7-5(2)4-6;/h4*5-6H,3-4H2,1-2H3;. The zero-order valence-corrected chi connectivity index (χ0v) is 21.4. The van der Waals surface area contributed by atoms with Crippen LogP contribution >= 0.6 is 0 Å². The molecule has 0 rings (SSSR count). The van der Waals surface area contributed by atoms with Crippen molar-refractivity contribution in [1.82, 2.24) is 0 Å². The second kappa shape index (κ2) is 35.8. The van der Waals surface area contributed by atoms with Crippen LogP contribution in [0, 0.1) is 0 Å². The van der Waals surface area contributed by atoms with Gasteiger partial charge in [-0.3, -0.25) is 0 Å². The molecule has 29 heavy (non-hydrogen) atoms. The van der Waals surface area contributed by atoms with E-state index in [1.165, 1.54) is 0 Å². The van der Waals surface area contributed by atoms with E-state index in [-0.39, 0.29) is 72.6 Å². The first-order valence-electron chi connectivity index (χ1n) is 10.1. The third kappa shape index (κ3) is 47.6. The molecule has 0 aliphatic rings. The SMILES string of the molecule is CCOC(C)CO.CCOC(C)CO.CCOC(C)CO.CCOC(C)CO.[Ti]. The van der Waals surface area contributed by atoms with E-state index < -0.39 is 0 Å². The van der Waals surface area contributed by atoms with Crippen LogP contribution in [-0.2, 0) is 40.7 Å². The van der Waals surface area contributed by atoms with Crippen molar-refractivity contribution in [2.75, 3.05) is 52.9 Å². The van der Waals surface area contributed by atoms with E-state index in [9.17, 15) is 0 Å². The van der Waals surface area contributed by atoms with Crippen LogP contribution in [0.1, 0.15) is 55.4 Å². The minimum atomic E-state index is 0. The van der Waals surface area contributed by atoms with E-state index in [0.717, 1.165) is 0 Å². The monoisotopic (exact) mass is 464 g/mol. The van der Waals surface area contributed by atoms with Crippen LogP contribution in [0.3, 0.4) is 0 Å². The van der Waals surface area contributed by atoms with Gasteiger partial charge in [0.05, 0.1) is 50.8 Å². The van der Waals surface area contributed by atoms with Crippen molar-refractivity contribution in [3.05, 3.63) is 0 Å². The van der Waals surface area contributed by atoms with Crippen molar-refractivity contribution in [3.8, 4) is 0 Å². The summed E-state index contributed by atoms with van der Waals surface area (Å²) in [5.74, 6) is 0. The van der Waals surface area contributed by atoms with Gasteiger partial charge in [-0.15, -0.1) is 0 Å². The molecule has 0 radical (unpaired) electrons. The number of ether oxygens (including phenoxy) is 4. The Labute approximate surface area is 193 Å². The Kier molecular flexibility index (Phi) is 49.2. The van der Waals surface area contributed by atoms with E-state index in [4.69, 9.17) is 39.4 Å². The quantitative estimate of drug-likeness (QED) is 0.322. The van der Waals surface area contributed by atoms with Gasteiger partial charge in [0.15, 0.2) is 0 Å². The maximum atomic E-state index is 8.34. The molecule has 180 valence electrons. The van der Waals surface area contributed by atoms with Crippen LogP contribution in [0.25, 0.3) is 0 Å². The normalized spacial score (nSPS) is 13.7. The van der Waals surface area contributed by atoms with Crippen LogP contribution in [0.15, 0.2) is 0 Å². The van der Waals surface area contributed by atoms with Crippen LogP contribution in [0.2, 0.25) is 0 Å². The number of hydrogen-bond donors (Lipinski definition) is 4. The summed E-state index contributed by atoms with van der Waals surface area (Å²) in [5, 5.41) is 33.4. The van der Waals surface area contributed by atoms with Crippen molar-refractivity contribution >= 4 is 0 Å². The summed E-state index contributed by atoms with van der Waals surface area (Å²) in [6.07, 6.45) is 0.0185. The maximum Gasteiger partial charge on any atom is 0.0777 e. The molecule has 4 atom stereocenters. The van der Waals surface area contributed by atoms with E-state index >= 15 is 0 Å². The number of aliphatic hydroxyl groups excluding tert-OH is 4. The molecule has 0 aromatic heterocycles.